The molecule has 1 heterocycles. The van der Waals surface area contributed by atoms with Crippen LogP contribution in [-0.4, -0.2) is 53.3 Å². The third-order valence-corrected chi connectivity index (χ3v) is 2.81. The topological polar surface area (TPSA) is 53.5 Å². The van der Waals surface area contributed by atoms with Gasteiger partial charge in [-0.05, 0) is 19.9 Å². The van der Waals surface area contributed by atoms with E-state index >= 15 is 0 Å². The Hall–Kier alpha value is -1.98. The lowest BCUT2D eigenvalue weighted by Crippen LogP contribution is -2.41. The van der Waals surface area contributed by atoms with Crippen LogP contribution in [-0.2, 0) is 4.79 Å². The number of nitrogens with zero attached hydrogens (tertiary/aromatic N) is 3. The van der Waals surface area contributed by atoms with Crippen molar-refractivity contribution >= 4 is 11.8 Å². The fourth-order valence-electron chi connectivity index (χ4n) is 1.71. The number of carbonyl (C=O) groups is 2. The van der Waals surface area contributed by atoms with Crippen LogP contribution in [0, 0.1) is 5.95 Å². The van der Waals surface area contributed by atoms with E-state index in [4.69, 9.17) is 0 Å². The highest BCUT2D eigenvalue weighted by Gasteiger charge is 2.18. The van der Waals surface area contributed by atoms with Gasteiger partial charge in [-0.15, -0.1) is 0 Å². The molecule has 0 spiro atoms. The number of pyridine rings is 1. The van der Waals surface area contributed by atoms with E-state index in [1.54, 1.807) is 4.90 Å². The molecule has 1 aromatic heterocycles. The van der Waals surface area contributed by atoms with Crippen molar-refractivity contribution in [3.05, 3.63) is 29.8 Å². The van der Waals surface area contributed by atoms with Crippen LogP contribution in [0.15, 0.2) is 18.3 Å². The zero-order chi connectivity index (χ0) is 14.4. The fourth-order valence-corrected chi connectivity index (χ4v) is 1.71. The maximum Gasteiger partial charge on any atom is 0.254 e. The predicted molar refractivity (Wildman–Crippen MR) is 69.1 cm³/mol. The van der Waals surface area contributed by atoms with Gasteiger partial charge in [0.15, 0.2) is 0 Å². The molecule has 0 bridgehead atoms. The predicted octanol–water partition coefficient (Wildman–Crippen LogP) is 1.16. The van der Waals surface area contributed by atoms with E-state index < -0.39 is 11.9 Å². The molecule has 1 rings (SSSR count). The number of halogens is 1. The third-order valence-electron chi connectivity index (χ3n) is 2.81. The minimum absolute atomic E-state index is 0.0234. The molecule has 0 saturated heterocycles. The minimum Gasteiger partial charge on any atom is -0.342 e. The second kappa shape index (κ2) is 6.82. The second-order valence-electron chi connectivity index (χ2n) is 4.09. The molecule has 1 aromatic rings. The molecule has 0 aliphatic carbocycles. The van der Waals surface area contributed by atoms with E-state index in [1.807, 2.05) is 13.8 Å². The van der Waals surface area contributed by atoms with Crippen molar-refractivity contribution in [2.75, 3.05) is 26.7 Å². The molecule has 2 amide bonds. The van der Waals surface area contributed by atoms with Crippen LogP contribution in [0.3, 0.4) is 0 Å². The average Bonchev–Trinajstić information content (AvgIpc) is 2.39. The number of hydrogen-bond acceptors (Lipinski definition) is 3. The van der Waals surface area contributed by atoms with E-state index in [0.29, 0.717) is 13.1 Å². The fraction of sp³-hybridized carbons (Fsp3) is 0.462. The molecule has 0 saturated carbocycles. The summed E-state index contributed by atoms with van der Waals surface area (Å²) in [5, 5.41) is 0. The molecule has 0 aliphatic rings. The van der Waals surface area contributed by atoms with Crippen molar-refractivity contribution in [3.63, 3.8) is 0 Å². The zero-order valence-electron chi connectivity index (χ0n) is 11.4. The molecule has 0 unspecified atom stereocenters. The van der Waals surface area contributed by atoms with Gasteiger partial charge in [0.05, 0.1) is 6.54 Å². The number of likely N-dealkylation sites (N-methyl/N-ethyl adjacent to an activating group) is 2. The van der Waals surface area contributed by atoms with Gasteiger partial charge in [0.25, 0.3) is 5.91 Å². The molecule has 19 heavy (non-hydrogen) atoms. The van der Waals surface area contributed by atoms with Gasteiger partial charge in [-0.25, -0.2) is 4.98 Å². The molecule has 0 aromatic carbocycles. The highest BCUT2D eigenvalue weighted by molar-refractivity contribution is 5.96. The summed E-state index contributed by atoms with van der Waals surface area (Å²) >= 11 is 0. The lowest BCUT2D eigenvalue weighted by atomic mass is 10.2. The standard InChI is InChI=1S/C13H18FN3O2/c1-4-17(5-2)12(18)9-16(3)13(19)10-6-7-15-11(14)8-10/h6-8H,4-5,9H2,1-3H3. The number of aromatic nitrogens is 1. The molecule has 6 heteroatoms. The van der Waals surface area contributed by atoms with E-state index in [2.05, 4.69) is 4.98 Å². The second-order valence-corrected chi connectivity index (χ2v) is 4.09. The molecule has 5 nitrogen and oxygen atoms in total. The Kier molecular flexibility index (Phi) is 5.41. The Labute approximate surface area is 112 Å². The first kappa shape index (κ1) is 15.1. The van der Waals surface area contributed by atoms with Gasteiger partial charge < -0.3 is 9.80 Å². The summed E-state index contributed by atoms with van der Waals surface area (Å²) in [6.07, 6.45) is 1.22. The molecular weight excluding hydrogens is 249 g/mol. The Balaban J connectivity index is 2.70. The maximum absolute atomic E-state index is 12.9. The van der Waals surface area contributed by atoms with Gasteiger partial charge >= 0.3 is 0 Å². The molecular formula is C13H18FN3O2. The Morgan fingerprint density at radius 2 is 1.95 bits per heavy atom. The van der Waals surface area contributed by atoms with Gasteiger partial charge in [0.2, 0.25) is 11.9 Å². The van der Waals surface area contributed by atoms with E-state index in [-0.39, 0.29) is 18.0 Å². The van der Waals surface area contributed by atoms with Gasteiger partial charge in [0, 0.05) is 38.0 Å². The molecule has 104 valence electrons. The van der Waals surface area contributed by atoms with Crippen LogP contribution in [0.25, 0.3) is 0 Å². The van der Waals surface area contributed by atoms with Crippen LogP contribution < -0.4 is 0 Å². The lowest BCUT2D eigenvalue weighted by Gasteiger charge is -2.23. The van der Waals surface area contributed by atoms with Gasteiger partial charge in [-0.3, -0.25) is 9.59 Å². The first-order valence-electron chi connectivity index (χ1n) is 6.14. The highest BCUT2D eigenvalue weighted by atomic mass is 19.1. The van der Waals surface area contributed by atoms with Crippen LogP contribution in [0.2, 0.25) is 0 Å². The number of rotatable bonds is 5. The van der Waals surface area contributed by atoms with Crippen molar-refractivity contribution < 1.29 is 14.0 Å². The average molecular weight is 267 g/mol. The van der Waals surface area contributed by atoms with Crippen molar-refractivity contribution in [2.24, 2.45) is 0 Å². The zero-order valence-corrected chi connectivity index (χ0v) is 11.4. The first-order chi connectivity index (χ1) is 8.99. The summed E-state index contributed by atoms with van der Waals surface area (Å²) in [4.78, 5) is 30.2. The Morgan fingerprint density at radius 1 is 1.32 bits per heavy atom. The molecule has 0 N–H and O–H groups in total. The van der Waals surface area contributed by atoms with Crippen molar-refractivity contribution in [3.8, 4) is 0 Å². The van der Waals surface area contributed by atoms with Crippen LogP contribution in [0.1, 0.15) is 24.2 Å². The number of carbonyl (C=O) groups excluding carboxylic acids is 2. The van der Waals surface area contributed by atoms with Crippen molar-refractivity contribution in [1.82, 2.24) is 14.8 Å². The van der Waals surface area contributed by atoms with Gasteiger partial charge in [-0.2, -0.15) is 4.39 Å². The Morgan fingerprint density at radius 3 is 2.47 bits per heavy atom. The quantitative estimate of drug-likeness (QED) is 0.752. The smallest absolute Gasteiger partial charge is 0.254 e. The van der Waals surface area contributed by atoms with Crippen molar-refractivity contribution in [1.29, 1.82) is 0 Å². The summed E-state index contributed by atoms with van der Waals surface area (Å²) in [5.41, 5.74) is 0.183. The highest BCUT2D eigenvalue weighted by Crippen LogP contribution is 2.05. The Bertz CT molecular complexity index is 461. The lowest BCUT2D eigenvalue weighted by molar-refractivity contribution is -0.131. The number of amides is 2. The molecule has 0 atom stereocenters. The minimum atomic E-state index is -0.714. The third kappa shape index (κ3) is 4.01. The summed E-state index contributed by atoms with van der Waals surface area (Å²) in [5.74, 6) is -1.24. The SMILES string of the molecule is CCN(CC)C(=O)CN(C)C(=O)c1ccnc(F)c1. The van der Waals surface area contributed by atoms with Crippen molar-refractivity contribution in [2.45, 2.75) is 13.8 Å². The van der Waals surface area contributed by atoms with E-state index in [1.165, 1.54) is 24.2 Å². The number of hydrogen-bond donors (Lipinski definition) is 0. The van der Waals surface area contributed by atoms with Gasteiger partial charge in [0.1, 0.15) is 0 Å². The van der Waals surface area contributed by atoms with Gasteiger partial charge in [-0.1, -0.05) is 0 Å². The molecule has 0 fully saturated rings. The summed E-state index contributed by atoms with van der Waals surface area (Å²) < 4.78 is 12.9. The molecule has 0 radical (unpaired) electrons. The summed E-state index contributed by atoms with van der Waals surface area (Å²) in [6, 6.07) is 2.48. The first-order valence-corrected chi connectivity index (χ1v) is 6.14. The maximum atomic E-state index is 12.9. The van der Waals surface area contributed by atoms with E-state index in [9.17, 15) is 14.0 Å². The van der Waals surface area contributed by atoms with E-state index in [0.717, 1.165) is 6.07 Å². The summed E-state index contributed by atoms with van der Waals surface area (Å²) in [6.45, 7) is 4.93. The van der Waals surface area contributed by atoms with Crippen LogP contribution in [0.4, 0.5) is 4.39 Å². The largest absolute Gasteiger partial charge is 0.342 e. The van der Waals surface area contributed by atoms with Crippen LogP contribution >= 0.6 is 0 Å². The normalized spacial score (nSPS) is 10.1. The summed E-state index contributed by atoms with van der Waals surface area (Å²) in [7, 11) is 1.52. The molecule has 0 aliphatic heterocycles. The monoisotopic (exact) mass is 267 g/mol. The van der Waals surface area contributed by atoms with Crippen LogP contribution in [0.5, 0.6) is 0 Å².